The number of anilines is 1. The van der Waals surface area contributed by atoms with E-state index in [0.29, 0.717) is 11.3 Å². The first-order valence-electron chi connectivity index (χ1n) is 8.87. The zero-order chi connectivity index (χ0) is 21.2. The zero-order valence-electron chi connectivity index (χ0n) is 15.6. The number of carbonyl (C=O) groups is 1. The van der Waals surface area contributed by atoms with E-state index in [2.05, 4.69) is 5.32 Å². The van der Waals surface area contributed by atoms with Gasteiger partial charge in [-0.1, -0.05) is 6.07 Å². The molecule has 10 heteroatoms. The smallest absolute Gasteiger partial charge is 0.369 e. The van der Waals surface area contributed by atoms with Crippen molar-refractivity contribution in [3.63, 3.8) is 0 Å². The van der Waals surface area contributed by atoms with Crippen molar-refractivity contribution in [1.29, 1.82) is 0 Å². The van der Waals surface area contributed by atoms with Crippen molar-refractivity contribution in [3.05, 3.63) is 59.7 Å². The van der Waals surface area contributed by atoms with Crippen LogP contribution in [0.25, 0.3) is 0 Å². The summed E-state index contributed by atoms with van der Waals surface area (Å²) in [6, 6.07) is 10.6. The van der Waals surface area contributed by atoms with Gasteiger partial charge >= 0.3 is 6.18 Å². The highest BCUT2D eigenvalue weighted by Gasteiger charge is 2.32. The summed E-state index contributed by atoms with van der Waals surface area (Å²) in [6.45, 7) is 0.847. The minimum atomic E-state index is -4.43. The van der Waals surface area contributed by atoms with Gasteiger partial charge in [-0.2, -0.15) is 17.5 Å². The maximum Gasteiger partial charge on any atom is 0.416 e. The van der Waals surface area contributed by atoms with E-state index >= 15 is 0 Å². The van der Waals surface area contributed by atoms with Crippen LogP contribution in [-0.2, 0) is 16.2 Å². The molecule has 29 heavy (non-hydrogen) atoms. The first kappa shape index (κ1) is 21.1. The minimum Gasteiger partial charge on any atom is -0.369 e. The summed E-state index contributed by atoms with van der Waals surface area (Å²) in [5, 5.41) is 2.46. The lowest BCUT2D eigenvalue weighted by Crippen LogP contribution is -2.48. The van der Waals surface area contributed by atoms with Gasteiger partial charge in [0, 0.05) is 44.5 Å². The first-order valence-corrected chi connectivity index (χ1v) is 10.3. The summed E-state index contributed by atoms with van der Waals surface area (Å²) in [5.41, 5.74) is 0.0221. The van der Waals surface area contributed by atoms with Crippen LogP contribution in [0.4, 0.5) is 18.9 Å². The van der Waals surface area contributed by atoms with Gasteiger partial charge in [-0.25, -0.2) is 8.42 Å². The molecule has 1 aliphatic rings. The summed E-state index contributed by atoms with van der Waals surface area (Å²) >= 11 is 0. The quantitative estimate of drug-likeness (QED) is 0.815. The van der Waals surface area contributed by atoms with E-state index < -0.39 is 21.8 Å². The standard InChI is InChI=1S/C19H20F3N3O3S/c1-23-18(26)14-5-7-17(8-6-14)29(27,28)25-11-9-24(10-12-25)16-4-2-3-15(13-16)19(20,21)22/h2-8,13H,9-12H2,1H3,(H,23,26). The normalized spacial score (nSPS) is 15.9. The van der Waals surface area contributed by atoms with Crippen LogP contribution in [0, 0.1) is 0 Å². The van der Waals surface area contributed by atoms with E-state index in [-0.39, 0.29) is 37.0 Å². The highest BCUT2D eigenvalue weighted by molar-refractivity contribution is 7.89. The van der Waals surface area contributed by atoms with E-state index in [1.54, 1.807) is 11.0 Å². The monoisotopic (exact) mass is 427 g/mol. The second-order valence-electron chi connectivity index (χ2n) is 6.54. The highest BCUT2D eigenvalue weighted by atomic mass is 32.2. The molecule has 0 saturated carbocycles. The van der Waals surface area contributed by atoms with Crippen molar-refractivity contribution in [2.75, 3.05) is 38.1 Å². The molecule has 0 aromatic heterocycles. The SMILES string of the molecule is CNC(=O)c1ccc(S(=O)(=O)N2CCN(c3cccc(C(F)(F)F)c3)CC2)cc1. The van der Waals surface area contributed by atoms with Gasteiger partial charge in [0.25, 0.3) is 5.91 Å². The average molecular weight is 427 g/mol. The van der Waals surface area contributed by atoms with Crippen LogP contribution in [0.2, 0.25) is 0 Å². The van der Waals surface area contributed by atoms with Gasteiger partial charge in [0.15, 0.2) is 0 Å². The predicted octanol–water partition coefficient (Wildman–Crippen LogP) is 2.58. The molecule has 0 radical (unpaired) electrons. The van der Waals surface area contributed by atoms with Gasteiger partial charge in [-0.3, -0.25) is 4.79 Å². The van der Waals surface area contributed by atoms with Crippen LogP contribution in [0.15, 0.2) is 53.4 Å². The molecule has 0 aliphatic carbocycles. The molecule has 2 aromatic rings. The highest BCUT2D eigenvalue weighted by Crippen LogP contribution is 2.32. The van der Waals surface area contributed by atoms with E-state index in [9.17, 15) is 26.4 Å². The maximum absolute atomic E-state index is 12.9. The molecule has 1 N–H and O–H groups in total. The molecule has 2 aromatic carbocycles. The summed E-state index contributed by atoms with van der Waals surface area (Å²) < 4.78 is 65.7. The molecule has 0 bridgehead atoms. The van der Waals surface area contributed by atoms with Crippen LogP contribution in [0.1, 0.15) is 15.9 Å². The van der Waals surface area contributed by atoms with Crippen LogP contribution >= 0.6 is 0 Å². The molecule has 1 fully saturated rings. The average Bonchev–Trinajstić information content (AvgIpc) is 2.73. The molecular weight excluding hydrogens is 407 g/mol. The second kappa shape index (κ2) is 8.03. The second-order valence-corrected chi connectivity index (χ2v) is 8.48. The number of halogens is 3. The molecule has 0 spiro atoms. The van der Waals surface area contributed by atoms with Crippen LogP contribution in [0.5, 0.6) is 0 Å². The number of hydrogen-bond acceptors (Lipinski definition) is 4. The Morgan fingerprint density at radius 1 is 1.00 bits per heavy atom. The summed E-state index contributed by atoms with van der Waals surface area (Å²) in [7, 11) is -2.27. The fourth-order valence-corrected chi connectivity index (χ4v) is 4.56. The van der Waals surface area contributed by atoms with E-state index in [4.69, 9.17) is 0 Å². The van der Waals surface area contributed by atoms with Gasteiger partial charge in [0.1, 0.15) is 0 Å². The molecule has 6 nitrogen and oxygen atoms in total. The maximum atomic E-state index is 12.9. The molecule has 1 heterocycles. The molecule has 1 amide bonds. The van der Waals surface area contributed by atoms with Crippen molar-refractivity contribution >= 4 is 21.6 Å². The lowest BCUT2D eigenvalue weighted by Gasteiger charge is -2.35. The number of alkyl halides is 3. The van der Waals surface area contributed by atoms with E-state index in [1.807, 2.05) is 0 Å². The van der Waals surface area contributed by atoms with Crippen LogP contribution in [0.3, 0.4) is 0 Å². The third-order valence-corrected chi connectivity index (χ3v) is 6.67. The van der Waals surface area contributed by atoms with E-state index in [1.165, 1.54) is 41.7 Å². The summed E-state index contributed by atoms with van der Waals surface area (Å²) in [6.07, 6.45) is -4.43. The first-order chi connectivity index (χ1) is 13.6. The fourth-order valence-electron chi connectivity index (χ4n) is 3.14. The van der Waals surface area contributed by atoms with Gasteiger partial charge in [-0.05, 0) is 42.5 Å². The molecule has 1 aliphatic heterocycles. The summed E-state index contributed by atoms with van der Waals surface area (Å²) in [5.74, 6) is -0.316. The Morgan fingerprint density at radius 3 is 2.17 bits per heavy atom. The molecule has 3 rings (SSSR count). The predicted molar refractivity (Wildman–Crippen MR) is 102 cm³/mol. The van der Waals surface area contributed by atoms with Crippen LogP contribution in [-0.4, -0.2) is 51.9 Å². The van der Waals surface area contributed by atoms with E-state index in [0.717, 1.165) is 12.1 Å². The Balaban J connectivity index is 1.71. The van der Waals surface area contributed by atoms with Crippen molar-refractivity contribution < 1.29 is 26.4 Å². The molecule has 0 unspecified atom stereocenters. The number of rotatable bonds is 4. The van der Waals surface area contributed by atoms with Crippen molar-refractivity contribution in [2.45, 2.75) is 11.1 Å². The Kier molecular flexibility index (Phi) is 5.85. The van der Waals surface area contributed by atoms with Crippen molar-refractivity contribution in [3.8, 4) is 0 Å². The third kappa shape index (κ3) is 4.54. The number of benzene rings is 2. The number of hydrogen-bond donors (Lipinski definition) is 1. The largest absolute Gasteiger partial charge is 0.416 e. The summed E-state index contributed by atoms with van der Waals surface area (Å²) in [4.78, 5) is 13.4. The number of nitrogens with one attached hydrogen (secondary N) is 1. The molecule has 0 atom stereocenters. The molecular formula is C19H20F3N3O3S. The fraction of sp³-hybridized carbons (Fsp3) is 0.316. The Hall–Kier alpha value is -2.59. The lowest BCUT2D eigenvalue weighted by molar-refractivity contribution is -0.137. The number of carbonyl (C=O) groups excluding carboxylic acids is 1. The number of amides is 1. The Bertz CT molecular complexity index is 984. The topological polar surface area (TPSA) is 69.7 Å². The molecule has 1 saturated heterocycles. The van der Waals surface area contributed by atoms with Crippen molar-refractivity contribution in [2.24, 2.45) is 0 Å². The lowest BCUT2D eigenvalue weighted by atomic mass is 10.1. The third-order valence-electron chi connectivity index (χ3n) is 4.76. The Labute approximate surface area is 167 Å². The number of piperazine rings is 1. The van der Waals surface area contributed by atoms with Gasteiger partial charge < -0.3 is 10.2 Å². The number of nitrogens with zero attached hydrogens (tertiary/aromatic N) is 2. The number of sulfonamides is 1. The van der Waals surface area contributed by atoms with Gasteiger partial charge in [0.2, 0.25) is 10.0 Å². The zero-order valence-corrected chi connectivity index (χ0v) is 16.4. The minimum absolute atomic E-state index is 0.0673. The molecule has 156 valence electrons. The van der Waals surface area contributed by atoms with Crippen molar-refractivity contribution in [1.82, 2.24) is 9.62 Å². The Morgan fingerprint density at radius 2 is 1.62 bits per heavy atom. The van der Waals surface area contributed by atoms with Gasteiger partial charge in [0.05, 0.1) is 10.5 Å². The van der Waals surface area contributed by atoms with Crippen LogP contribution < -0.4 is 10.2 Å². The van der Waals surface area contributed by atoms with Gasteiger partial charge in [-0.15, -0.1) is 0 Å².